The lowest BCUT2D eigenvalue weighted by molar-refractivity contribution is 0.547. The van der Waals surface area contributed by atoms with E-state index in [9.17, 15) is 4.39 Å². The van der Waals surface area contributed by atoms with E-state index < -0.39 is 0 Å². The summed E-state index contributed by atoms with van der Waals surface area (Å²) >= 11 is 15.5. The average Bonchev–Trinajstić information content (AvgIpc) is 2.40. The van der Waals surface area contributed by atoms with Crippen molar-refractivity contribution in [2.75, 3.05) is 0 Å². The van der Waals surface area contributed by atoms with Gasteiger partial charge in [-0.25, -0.2) is 4.39 Å². The highest BCUT2D eigenvalue weighted by Crippen LogP contribution is 2.29. The van der Waals surface area contributed by atoms with Gasteiger partial charge in [0.25, 0.3) is 0 Å². The molecular weight excluding hydrogens is 366 g/mol. The summed E-state index contributed by atoms with van der Waals surface area (Å²) in [5, 5.41) is 1.23. The van der Waals surface area contributed by atoms with Crippen LogP contribution in [0, 0.1) is 5.82 Å². The van der Waals surface area contributed by atoms with Crippen LogP contribution in [0.1, 0.15) is 17.2 Å². The Balaban J connectivity index is 2.31. The Hall–Kier alpha value is -0.650. The first-order chi connectivity index (χ1) is 9.51. The first-order valence-corrected chi connectivity index (χ1v) is 7.41. The maximum atomic E-state index is 13.1. The summed E-state index contributed by atoms with van der Waals surface area (Å²) in [4.78, 5) is 0. The van der Waals surface area contributed by atoms with Crippen molar-refractivity contribution >= 4 is 39.1 Å². The van der Waals surface area contributed by atoms with Crippen LogP contribution in [0.25, 0.3) is 0 Å². The molecular formula is C14H12BrCl2FN2. The molecule has 0 saturated heterocycles. The summed E-state index contributed by atoms with van der Waals surface area (Å²) in [5.41, 5.74) is 4.44. The highest BCUT2D eigenvalue weighted by atomic mass is 79.9. The van der Waals surface area contributed by atoms with Gasteiger partial charge in [0.05, 0.1) is 6.04 Å². The second-order valence-corrected chi connectivity index (χ2v) is 6.02. The van der Waals surface area contributed by atoms with Crippen LogP contribution >= 0.6 is 39.1 Å². The fourth-order valence-electron chi connectivity index (χ4n) is 1.96. The molecule has 6 heteroatoms. The van der Waals surface area contributed by atoms with Crippen molar-refractivity contribution in [3.63, 3.8) is 0 Å². The first kappa shape index (κ1) is 15.7. The lowest BCUT2D eigenvalue weighted by Gasteiger charge is -2.19. The third-order valence-electron chi connectivity index (χ3n) is 2.97. The molecule has 1 unspecified atom stereocenters. The molecule has 106 valence electrons. The van der Waals surface area contributed by atoms with Gasteiger partial charge in [-0.2, -0.15) is 0 Å². The van der Waals surface area contributed by atoms with Crippen LogP contribution in [0.2, 0.25) is 10.0 Å². The van der Waals surface area contributed by atoms with Gasteiger partial charge in [-0.15, -0.1) is 0 Å². The number of nitrogens with one attached hydrogen (secondary N) is 1. The predicted molar refractivity (Wildman–Crippen MR) is 84.3 cm³/mol. The van der Waals surface area contributed by atoms with Crippen LogP contribution in [0.4, 0.5) is 4.39 Å². The largest absolute Gasteiger partial charge is 0.271 e. The minimum absolute atomic E-state index is 0.207. The fraction of sp³-hybridized carbons (Fsp3) is 0.143. The Labute approximate surface area is 135 Å². The number of rotatable bonds is 4. The molecule has 3 N–H and O–H groups in total. The molecule has 0 bridgehead atoms. The molecule has 0 aliphatic carbocycles. The Bertz CT molecular complexity index is 622. The molecule has 0 aromatic heterocycles. The van der Waals surface area contributed by atoms with E-state index in [1.54, 1.807) is 24.3 Å². The predicted octanol–water partition coefficient (Wildman–Crippen LogP) is 4.64. The molecule has 0 spiro atoms. The highest BCUT2D eigenvalue weighted by molar-refractivity contribution is 9.10. The molecule has 2 rings (SSSR count). The minimum Gasteiger partial charge on any atom is -0.271 e. The van der Waals surface area contributed by atoms with E-state index in [1.807, 2.05) is 0 Å². The first-order valence-electron chi connectivity index (χ1n) is 5.86. The van der Waals surface area contributed by atoms with Gasteiger partial charge in [-0.05, 0) is 47.9 Å². The summed E-state index contributed by atoms with van der Waals surface area (Å²) in [5.74, 6) is 5.30. The molecule has 0 aliphatic rings. The van der Waals surface area contributed by atoms with Crippen molar-refractivity contribution in [1.82, 2.24) is 5.43 Å². The van der Waals surface area contributed by atoms with Crippen LogP contribution in [0.3, 0.4) is 0 Å². The normalized spacial score (nSPS) is 12.4. The zero-order valence-corrected chi connectivity index (χ0v) is 13.4. The summed E-state index contributed by atoms with van der Waals surface area (Å²) < 4.78 is 13.8. The maximum Gasteiger partial charge on any atom is 0.124 e. The van der Waals surface area contributed by atoms with Crippen molar-refractivity contribution in [2.24, 2.45) is 5.84 Å². The minimum atomic E-state index is -0.308. The van der Waals surface area contributed by atoms with Gasteiger partial charge >= 0.3 is 0 Å². The Morgan fingerprint density at radius 3 is 2.60 bits per heavy atom. The second-order valence-electron chi connectivity index (χ2n) is 4.32. The molecule has 2 aromatic rings. The van der Waals surface area contributed by atoms with Gasteiger partial charge in [-0.1, -0.05) is 45.2 Å². The molecule has 0 aliphatic heterocycles. The summed E-state index contributed by atoms with van der Waals surface area (Å²) in [7, 11) is 0. The SMILES string of the molecule is NNC(Cc1cc(Cl)ccc1Cl)c1ccc(F)cc1Br. The number of hydrazine groups is 1. The van der Waals surface area contributed by atoms with Crippen LogP contribution in [0.15, 0.2) is 40.9 Å². The third-order valence-corrected chi connectivity index (χ3v) is 4.26. The van der Waals surface area contributed by atoms with E-state index in [0.717, 1.165) is 11.1 Å². The zero-order chi connectivity index (χ0) is 14.7. The molecule has 2 nitrogen and oxygen atoms in total. The number of benzene rings is 2. The van der Waals surface area contributed by atoms with E-state index in [4.69, 9.17) is 29.0 Å². The molecule has 0 saturated carbocycles. The smallest absolute Gasteiger partial charge is 0.124 e. The lowest BCUT2D eigenvalue weighted by atomic mass is 9.99. The van der Waals surface area contributed by atoms with Crippen molar-refractivity contribution < 1.29 is 4.39 Å². The topological polar surface area (TPSA) is 38.0 Å². The molecule has 20 heavy (non-hydrogen) atoms. The molecule has 2 aromatic carbocycles. The van der Waals surface area contributed by atoms with Crippen molar-refractivity contribution in [3.05, 3.63) is 67.9 Å². The monoisotopic (exact) mass is 376 g/mol. The number of nitrogens with two attached hydrogens (primary N) is 1. The van der Waals surface area contributed by atoms with E-state index in [-0.39, 0.29) is 11.9 Å². The summed E-state index contributed by atoms with van der Waals surface area (Å²) in [6.45, 7) is 0. The molecule has 0 radical (unpaired) electrons. The number of halogens is 4. The number of hydrogen-bond donors (Lipinski definition) is 2. The van der Waals surface area contributed by atoms with Crippen molar-refractivity contribution in [2.45, 2.75) is 12.5 Å². The molecule has 1 atom stereocenters. The van der Waals surface area contributed by atoms with Crippen LogP contribution in [0.5, 0.6) is 0 Å². The standard InChI is InChI=1S/C14H12BrCl2FN2/c15-12-7-10(18)2-3-11(12)14(20-19)6-8-5-9(16)1-4-13(8)17/h1-5,7,14,20H,6,19H2. The van der Waals surface area contributed by atoms with Gasteiger partial charge in [0, 0.05) is 14.5 Å². The van der Waals surface area contributed by atoms with Gasteiger partial charge in [0.2, 0.25) is 0 Å². The Morgan fingerprint density at radius 2 is 1.95 bits per heavy atom. The average molecular weight is 378 g/mol. The van der Waals surface area contributed by atoms with Crippen LogP contribution in [-0.2, 0) is 6.42 Å². The van der Waals surface area contributed by atoms with Crippen LogP contribution < -0.4 is 11.3 Å². The van der Waals surface area contributed by atoms with Gasteiger partial charge in [0.15, 0.2) is 0 Å². The van der Waals surface area contributed by atoms with Crippen LogP contribution in [-0.4, -0.2) is 0 Å². The third kappa shape index (κ3) is 3.71. The Morgan fingerprint density at radius 1 is 1.20 bits per heavy atom. The second kappa shape index (κ2) is 6.87. The van der Waals surface area contributed by atoms with Gasteiger partial charge in [-0.3, -0.25) is 11.3 Å². The van der Waals surface area contributed by atoms with Crippen molar-refractivity contribution in [1.29, 1.82) is 0 Å². The van der Waals surface area contributed by atoms with E-state index in [2.05, 4.69) is 21.4 Å². The Kier molecular flexibility index (Phi) is 5.41. The van der Waals surface area contributed by atoms with E-state index >= 15 is 0 Å². The van der Waals surface area contributed by atoms with Gasteiger partial charge in [0.1, 0.15) is 5.82 Å². The zero-order valence-electron chi connectivity index (χ0n) is 10.3. The molecule has 0 amide bonds. The van der Waals surface area contributed by atoms with E-state index in [1.165, 1.54) is 12.1 Å². The van der Waals surface area contributed by atoms with E-state index in [0.29, 0.717) is 20.9 Å². The summed E-state index contributed by atoms with van der Waals surface area (Å²) in [6.07, 6.45) is 0.542. The quantitative estimate of drug-likeness (QED) is 0.601. The maximum absolute atomic E-state index is 13.1. The van der Waals surface area contributed by atoms with Gasteiger partial charge < -0.3 is 0 Å². The molecule has 0 fully saturated rings. The lowest BCUT2D eigenvalue weighted by Crippen LogP contribution is -2.30. The summed E-state index contributed by atoms with van der Waals surface area (Å²) in [6, 6.07) is 9.54. The number of hydrogen-bond acceptors (Lipinski definition) is 2. The highest BCUT2D eigenvalue weighted by Gasteiger charge is 2.16. The fourth-order valence-corrected chi connectivity index (χ4v) is 2.98. The molecule has 0 heterocycles. The van der Waals surface area contributed by atoms with Crippen molar-refractivity contribution in [3.8, 4) is 0 Å².